The molecule has 6 heteroatoms. The number of carbonyl (C=O) groups excluding carboxylic acids is 1. The molecule has 0 N–H and O–H groups in total. The van der Waals surface area contributed by atoms with Gasteiger partial charge in [0, 0.05) is 13.0 Å². The lowest BCUT2D eigenvalue weighted by atomic mass is 10.1. The van der Waals surface area contributed by atoms with Gasteiger partial charge in [-0.05, 0) is 19.9 Å². The van der Waals surface area contributed by atoms with Gasteiger partial charge < -0.3 is 9.26 Å². The number of aromatic nitrogens is 2. The van der Waals surface area contributed by atoms with E-state index in [1.807, 2.05) is 11.9 Å². The van der Waals surface area contributed by atoms with Crippen LogP contribution in [-0.4, -0.2) is 41.2 Å². The average molecular weight is 269 g/mol. The smallest absolute Gasteiger partial charge is 0.307 e. The maximum atomic E-state index is 11.2. The van der Waals surface area contributed by atoms with Crippen LogP contribution in [0.3, 0.4) is 0 Å². The zero-order valence-corrected chi connectivity index (χ0v) is 12.2. The molecule has 0 amide bonds. The molecular formula is C13H23N3O3. The first-order valence-electron chi connectivity index (χ1n) is 6.66. The minimum Gasteiger partial charge on any atom is -0.466 e. The molecule has 19 heavy (non-hydrogen) atoms. The van der Waals surface area contributed by atoms with Gasteiger partial charge in [-0.1, -0.05) is 19.0 Å². The van der Waals surface area contributed by atoms with Gasteiger partial charge in [-0.2, -0.15) is 4.98 Å². The van der Waals surface area contributed by atoms with Crippen LogP contribution in [0.25, 0.3) is 0 Å². The third-order valence-electron chi connectivity index (χ3n) is 2.51. The summed E-state index contributed by atoms with van der Waals surface area (Å²) in [5.41, 5.74) is 0. The summed E-state index contributed by atoms with van der Waals surface area (Å²) in [5, 5.41) is 3.93. The molecule has 0 atom stereocenters. The first-order chi connectivity index (χ1) is 9.01. The van der Waals surface area contributed by atoms with Crippen LogP contribution < -0.4 is 0 Å². The van der Waals surface area contributed by atoms with Gasteiger partial charge in [0.15, 0.2) is 5.82 Å². The summed E-state index contributed by atoms with van der Waals surface area (Å²) in [6.45, 7) is 7.61. The van der Waals surface area contributed by atoms with Crippen LogP contribution in [0.15, 0.2) is 4.52 Å². The Balaban J connectivity index is 2.33. The standard InChI is InChI=1S/C13H23N3O3/c1-5-18-13(17)6-7-16(4)9-12-14-11(15-19-12)8-10(2)3/h10H,5-9H2,1-4H3. The van der Waals surface area contributed by atoms with Crippen molar-refractivity contribution in [1.29, 1.82) is 0 Å². The zero-order valence-electron chi connectivity index (χ0n) is 12.2. The van der Waals surface area contributed by atoms with Gasteiger partial charge in [0.05, 0.1) is 19.6 Å². The second-order valence-electron chi connectivity index (χ2n) is 5.00. The predicted molar refractivity (Wildman–Crippen MR) is 70.4 cm³/mol. The van der Waals surface area contributed by atoms with E-state index >= 15 is 0 Å². The van der Waals surface area contributed by atoms with Gasteiger partial charge in [0.25, 0.3) is 0 Å². The lowest BCUT2D eigenvalue weighted by molar-refractivity contribution is -0.143. The summed E-state index contributed by atoms with van der Waals surface area (Å²) in [4.78, 5) is 17.5. The quantitative estimate of drug-likeness (QED) is 0.668. The molecule has 0 aliphatic heterocycles. The highest BCUT2D eigenvalue weighted by molar-refractivity contribution is 5.69. The molecule has 1 heterocycles. The predicted octanol–water partition coefficient (Wildman–Crippen LogP) is 1.65. The molecule has 0 unspecified atom stereocenters. The molecule has 0 saturated carbocycles. The average Bonchev–Trinajstić information content (AvgIpc) is 2.73. The molecule has 1 rings (SSSR count). The number of nitrogens with zero attached hydrogens (tertiary/aromatic N) is 3. The Morgan fingerprint density at radius 1 is 1.47 bits per heavy atom. The first kappa shape index (κ1) is 15.6. The molecule has 0 radical (unpaired) electrons. The summed E-state index contributed by atoms with van der Waals surface area (Å²) < 4.78 is 10.0. The third-order valence-corrected chi connectivity index (χ3v) is 2.51. The Labute approximate surface area is 114 Å². The van der Waals surface area contributed by atoms with Gasteiger partial charge in [0.2, 0.25) is 5.89 Å². The van der Waals surface area contributed by atoms with Crippen molar-refractivity contribution in [2.45, 2.75) is 40.2 Å². The van der Waals surface area contributed by atoms with E-state index in [0.29, 0.717) is 37.9 Å². The number of ether oxygens (including phenoxy) is 1. The van der Waals surface area contributed by atoms with Gasteiger partial charge in [0.1, 0.15) is 0 Å². The summed E-state index contributed by atoms with van der Waals surface area (Å²) >= 11 is 0. The van der Waals surface area contributed by atoms with Gasteiger partial charge in [-0.25, -0.2) is 0 Å². The topological polar surface area (TPSA) is 68.5 Å². The molecule has 1 aromatic heterocycles. The van der Waals surface area contributed by atoms with Gasteiger partial charge >= 0.3 is 5.97 Å². The Morgan fingerprint density at radius 3 is 2.84 bits per heavy atom. The molecule has 0 aromatic carbocycles. The number of esters is 1. The van der Waals surface area contributed by atoms with Crippen molar-refractivity contribution in [2.75, 3.05) is 20.2 Å². The number of hydrogen-bond donors (Lipinski definition) is 0. The second-order valence-corrected chi connectivity index (χ2v) is 5.00. The van der Waals surface area contributed by atoms with E-state index in [0.717, 1.165) is 12.2 Å². The van der Waals surface area contributed by atoms with Crippen LogP contribution in [0.1, 0.15) is 38.9 Å². The van der Waals surface area contributed by atoms with Crippen LogP contribution in [-0.2, 0) is 22.5 Å². The Morgan fingerprint density at radius 2 is 2.21 bits per heavy atom. The highest BCUT2D eigenvalue weighted by Gasteiger charge is 2.11. The number of rotatable bonds is 8. The van der Waals surface area contributed by atoms with E-state index < -0.39 is 0 Å². The molecule has 0 bridgehead atoms. The molecule has 1 aromatic rings. The fraction of sp³-hybridized carbons (Fsp3) is 0.769. The Kier molecular flexibility index (Phi) is 6.49. The van der Waals surface area contributed by atoms with Crippen LogP contribution in [0.5, 0.6) is 0 Å². The van der Waals surface area contributed by atoms with Crippen molar-refractivity contribution in [3.8, 4) is 0 Å². The van der Waals surface area contributed by atoms with Gasteiger partial charge in [-0.3, -0.25) is 9.69 Å². The van der Waals surface area contributed by atoms with Gasteiger partial charge in [-0.15, -0.1) is 0 Å². The minimum atomic E-state index is -0.180. The molecule has 0 saturated heterocycles. The summed E-state index contributed by atoms with van der Waals surface area (Å²) in [5.74, 6) is 1.65. The maximum absolute atomic E-state index is 11.2. The van der Waals surface area contributed by atoms with Crippen molar-refractivity contribution in [3.63, 3.8) is 0 Å². The lowest BCUT2D eigenvalue weighted by Gasteiger charge is -2.12. The molecule has 0 aliphatic rings. The molecule has 0 aliphatic carbocycles. The van der Waals surface area contributed by atoms with Crippen LogP contribution >= 0.6 is 0 Å². The van der Waals surface area contributed by atoms with E-state index in [2.05, 4.69) is 24.0 Å². The fourth-order valence-electron chi connectivity index (χ4n) is 1.63. The van der Waals surface area contributed by atoms with Crippen LogP contribution in [0.4, 0.5) is 0 Å². The molecule has 0 fully saturated rings. The van der Waals surface area contributed by atoms with E-state index in [1.54, 1.807) is 6.92 Å². The SMILES string of the molecule is CCOC(=O)CCN(C)Cc1nc(CC(C)C)no1. The molecular weight excluding hydrogens is 246 g/mol. The highest BCUT2D eigenvalue weighted by atomic mass is 16.5. The fourth-order valence-corrected chi connectivity index (χ4v) is 1.63. The largest absolute Gasteiger partial charge is 0.466 e. The van der Waals surface area contributed by atoms with Crippen molar-refractivity contribution in [3.05, 3.63) is 11.7 Å². The second kappa shape index (κ2) is 7.89. The third kappa shape index (κ3) is 6.33. The zero-order chi connectivity index (χ0) is 14.3. The highest BCUT2D eigenvalue weighted by Crippen LogP contribution is 2.06. The first-order valence-corrected chi connectivity index (χ1v) is 6.66. The van der Waals surface area contributed by atoms with Crippen molar-refractivity contribution in [2.24, 2.45) is 5.92 Å². The van der Waals surface area contributed by atoms with E-state index in [-0.39, 0.29) is 5.97 Å². The Hall–Kier alpha value is -1.43. The van der Waals surface area contributed by atoms with Crippen molar-refractivity contribution >= 4 is 5.97 Å². The normalized spacial score (nSPS) is 11.3. The van der Waals surface area contributed by atoms with E-state index in [4.69, 9.17) is 9.26 Å². The minimum absolute atomic E-state index is 0.180. The molecule has 0 spiro atoms. The summed E-state index contributed by atoms with van der Waals surface area (Å²) in [6, 6.07) is 0. The van der Waals surface area contributed by atoms with Crippen molar-refractivity contribution in [1.82, 2.24) is 15.0 Å². The van der Waals surface area contributed by atoms with Crippen LogP contribution in [0.2, 0.25) is 0 Å². The van der Waals surface area contributed by atoms with Crippen molar-refractivity contribution < 1.29 is 14.1 Å². The summed E-state index contributed by atoms with van der Waals surface area (Å²) in [7, 11) is 1.91. The Bertz CT molecular complexity index is 390. The maximum Gasteiger partial charge on any atom is 0.307 e. The molecule has 108 valence electrons. The summed E-state index contributed by atoms with van der Waals surface area (Å²) in [6.07, 6.45) is 1.19. The van der Waals surface area contributed by atoms with E-state index in [9.17, 15) is 4.79 Å². The monoisotopic (exact) mass is 269 g/mol. The number of hydrogen-bond acceptors (Lipinski definition) is 6. The lowest BCUT2D eigenvalue weighted by Crippen LogP contribution is -2.22. The van der Waals surface area contributed by atoms with E-state index in [1.165, 1.54) is 0 Å². The number of carbonyl (C=O) groups is 1. The van der Waals surface area contributed by atoms with Crippen LogP contribution in [0, 0.1) is 5.92 Å². The molecule has 6 nitrogen and oxygen atoms in total.